The van der Waals surface area contributed by atoms with E-state index in [4.69, 9.17) is 0 Å². The molecule has 0 amide bonds. The fraction of sp³-hybridized carbons (Fsp3) is 0.857. The van der Waals surface area contributed by atoms with Crippen LogP contribution in [0.25, 0.3) is 0 Å². The van der Waals surface area contributed by atoms with Crippen molar-refractivity contribution in [1.82, 2.24) is 0 Å². The quantitative estimate of drug-likeness (QED) is 0.514. The first-order valence-corrected chi connectivity index (χ1v) is 8.73. The van der Waals surface area contributed by atoms with Crippen LogP contribution in [0.1, 0.15) is 71.6 Å². The monoisotopic (exact) mass is 260 g/mol. The third-order valence-corrected chi connectivity index (χ3v) is 4.34. The second-order valence-electron chi connectivity index (χ2n) is 4.59. The van der Waals surface area contributed by atoms with Gasteiger partial charge in [0.1, 0.15) is 0 Å². The first-order chi connectivity index (χ1) is 8.12. The highest BCUT2D eigenvalue weighted by molar-refractivity contribution is 7.94. The van der Waals surface area contributed by atoms with Crippen LogP contribution in [0.4, 0.5) is 0 Å². The second kappa shape index (κ2) is 10.8. The van der Waals surface area contributed by atoms with Crippen LogP contribution < -0.4 is 0 Å². The number of allylic oxidation sites excluding steroid dienone is 1. The lowest BCUT2D eigenvalue weighted by atomic mass is 10.1. The average molecular weight is 260 g/mol. The Morgan fingerprint density at radius 1 is 0.824 bits per heavy atom. The van der Waals surface area contributed by atoms with E-state index in [9.17, 15) is 8.42 Å². The lowest BCUT2D eigenvalue weighted by Crippen LogP contribution is -1.96. The summed E-state index contributed by atoms with van der Waals surface area (Å²) in [4.78, 5) is 0. The molecule has 102 valence electrons. The highest BCUT2D eigenvalue weighted by atomic mass is 32.2. The summed E-state index contributed by atoms with van der Waals surface area (Å²) in [6.45, 7) is 3.91. The molecule has 0 aliphatic heterocycles. The van der Waals surface area contributed by atoms with E-state index in [1.807, 2.05) is 0 Å². The van der Waals surface area contributed by atoms with Gasteiger partial charge in [0.05, 0.1) is 5.75 Å². The van der Waals surface area contributed by atoms with Crippen molar-refractivity contribution in [2.45, 2.75) is 71.6 Å². The van der Waals surface area contributed by atoms with Gasteiger partial charge in [-0.05, 0) is 12.8 Å². The molecule has 17 heavy (non-hydrogen) atoms. The van der Waals surface area contributed by atoms with Gasteiger partial charge < -0.3 is 0 Å². The predicted octanol–water partition coefficient (Wildman–Crippen LogP) is 4.47. The van der Waals surface area contributed by atoms with E-state index < -0.39 is 9.84 Å². The van der Waals surface area contributed by atoms with Crippen LogP contribution in [-0.4, -0.2) is 14.2 Å². The molecule has 0 N–H and O–H groups in total. The summed E-state index contributed by atoms with van der Waals surface area (Å²) in [5, 5.41) is 1.37. The summed E-state index contributed by atoms with van der Waals surface area (Å²) in [5.41, 5.74) is 0. The molecule has 0 rings (SSSR count). The van der Waals surface area contributed by atoms with Gasteiger partial charge in [-0.15, -0.1) is 0 Å². The van der Waals surface area contributed by atoms with Crippen LogP contribution in [0.5, 0.6) is 0 Å². The largest absolute Gasteiger partial charge is 0.224 e. The molecule has 3 heteroatoms. The summed E-state index contributed by atoms with van der Waals surface area (Å²) in [6.07, 6.45) is 13.0. The smallest absolute Gasteiger partial charge is 0.171 e. The standard InChI is InChI=1S/C14H28O2S/c1-3-5-6-7-8-9-10-11-12-13-14-17(15,16)4-2/h13-14H,3-12H2,1-2H3. The molecule has 0 bridgehead atoms. The fourth-order valence-electron chi connectivity index (χ4n) is 1.71. The Bertz CT molecular complexity index is 279. The lowest BCUT2D eigenvalue weighted by molar-refractivity contribution is 0.577. The minimum Gasteiger partial charge on any atom is -0.224 e. The van der Waals surface area contributed by atoms with Crippen LogP contribution in [-0.2, 0) is 9.84 Å². The third kappa shape index (κ3) is 11.9. The molecule has 0 saturated heterocycles. The van der Waals surface area contributed by atoms with Crippen molar-refractivity contribution in [3.05, 3.63) is 11.5 Å². The molecule has 0 aliphatic carbocycles. The maximum absolute atomic E-state index is 11.1. The SMILES string of the molecule is CCCCCCCCCCC=CS(=O)(=O)CC. The molecule has 0 aromatic heterocycles. The molecule has 0 radical (unpaired) electrons. The van der Waals surface area contributed by atoms with Crippen LogP contribution >= 0.6 is 0 Å². The Hall–Kier alpha value is -0.310. The zero-order valence-electron chi connectivity index (χ0n) is 11.5. The van der Waals surface area contributed by atoms with Gasteiger partial charge in [0.15, 0.2) is 9.84 Å². The van der Waals surface area contributed by atoms with Crippen LogP contribution in [0.15, 0.2) is 11.5 Å². The fourth-order valence-corrected chi connectivity index (χ4v) is 2.33. The number of unbranched alkanes of at least 4 members (excludes halogenated alkanes) is 8. The number of rotatable bonds is 11. The van der Waals surface area contributed by atoms with Crippen molar-refractivity contribution >= 4 is 9.84 Å². The molecule has 0 spiro atoms. The Morgan fingerprint density at radius 3 is 1.88 bits per heavy atom. The molecule has 0 aliphatic rings. The molecule has 0 heterocycles. The molecule has 0 fully saturated rings. The van der Waals surface area contributed by atoms with Gasteiger partial charge in [0, 0.05) is 5.41 Å². The normalized spacial score (nSPS) is 12.4. The van der Waals surface area contributed by atoms with E-state index in [1.54, 1.807) is 13.0 Å². The van der Waals surface area contributed by atoms with Crippen LogP contribution in [0.3, 0.4) is 0 Å². The molecular weight excluding hydrogens is 232 g/mol. The van der Waals surface area contributed by atoms with Crippen molar-refractivity contribution in [3.63, 3.8) is 0 Å². The number of sulfone groups is 1. The van der Waals surface area contributed by atoms with E-state index in [0.717, 1.165) is 12.8 Å². The summed E-state index contributed by atoms with van der Waals surface area (Å²) < 4.78 is 22.3. The van der Waals surface area contributed by atoms with E-state index in [2.05, 4.69) is 6.92 Å². The first-order valence-electron chi connectivity index (χ1n) is 7.01. The zero-order chi connectivity index (χ0) is 13.0. The third-order valence-electron chi connectivity index (χ3n) is 2.93. The first kappa shape index (κ1) is 16.7. The van der Waals surface area contributed by atoms with Gasteiger partial charge >= 0.3 is 0 Å². The molecule has 0 atom stereocenters. The maximum Gasteiger partial charge on any atom is 0.171 e. The minimum atomic E-state index is -2.91. The predicted molar refractivity (Wildman–Crippen MR) is 75.8 cm³/mol. The van der Waals surface area contributed by atoms with E-state index in [0.29, 0.717) is 0 Å². The molecule has 0 aromatic rings. The Balaban J connectivity index is 3.30. The number of hydrogen-bond donors (Lipinski definition) is 0. The lowest BCUT2D eigenvalue weighted by Gasteiger charge is -1.99. The molecule has 0 unspecified atom stereocenters. The van der Waals surface area contributed by atoms with Gasteiger partial charge in [-0.1, -0.05) is 64.9 Å². The minimum absolute atomic E-state index is 0.209. The van der Waals surface area contributed by atoms with Crippen LogP contribution in [0.2, 0.25) is 0 Å². The van der Waals surface area contributed by atoms with Gasteiger partial charge in [-0.2, -0.15) is 0 Å². The van der Waals surface area contributed by atoms with Gasteiger partial charge in [-0.25, -0.2) is 8.42 Å². The van der Waals surface area contributed by atoms with E-state index in [1.165, 1.54) is 50.4 Å². The zero-order valence-corrected chi connectivity index (χ0v) is 12.3. The highest BCUT2D eigenvalue weighted by Crippen LogP contribution is 2.09. The molecule has 2 nitrogen and oxygen atoms in total. The van der Waals surface area contributed by atoms with Crippen molar-refractivity contribution in [2.24, 2.45) is 0 Å². The summed E-state index contributed by atoms with van der Waals surface area (Å²) >= 11 is 0. The topological polar surface area (TPSA) is 34.1 Å². The summed E-state index contributed by atoms with van der Waals surface area (Å²) in [5.74, 6) is 0.209. The van der Waals surface area contributed by atoms with Crippen molar-refractivity contribution in [3.8, 4) is 0 Å². The van der Waals surface area contributed by atoms with Gasteiger partial charge in [0.25, 0.3) is 0 Å². The highest BCUT2D eigenvalue weighted by Gasteiger charge is 1.98. The molecule has 0 aromatic carbocycles. The Morgan fingerprint density at radius 2 is 1.35 bits per heavy atom. The summed E-state index contributed by atoms with van der Waals surface area (Å²) in [6, 6.07) is 0. The van der Waals surface area contributed by atoms with Crippen molar-refractivity contribution in [1.29, 1.82) is 0 Å². The van der Waals surface area contributed by atoms with E-state index >= 15 is 0 Å². The van der Waals surface area contributed by atoms with Crippen molar-refractivity contribution in [2.75, 3.05) is 5.75 Å². The van der Waals surface area contributed by atoms with Crippen molar-refractivity contribution < 1.29 is 8.42 Å². The van der Waals surface area contributed by atoms with E-state index in [-0.39, 0.29) is 5.75 Å². The Kier molecular flexibility index (Phi) is 10.6. The second-order valence-corrected chi connectivity index (χ2v) is 6.76. The summed E-state index contributed by atoms with van der Waals surface area (Å²) in [7, 11) is -2.91. The van der Waals surface area contributed by atoms with Gasteiger partial charge in [-0.3, -0.25) is 0 Å². The number of hydrogen-bond acceptors (Lipinski definition) is 2. The average Bonchev–Trinajstić information content (AvgIpc) is 2.31. The molecule has 0 saturated carbocycles. The Labute approximate surface area is 107 Å². The van der Waals surface area contributed by atoms with Gasteiger partial charge in [0.2, 0.25) is 0 Å². The molecular formula is C14H28O2S. The van der Waals surface area contributed by atoms with Crippen LogP contribution in [0, 0.1) is 0 Å². The maximum atomic E-state index is 11.1.